The van der Waals surface area contributed by atoms with Gasteiger partial charge in [0, 0.05) is 37.5 Å². The lowest BCUT2D eigenvalue weighted by Crippen LogP contribution is -2.30. The predicted molar refractivity (Wildman–Crippen MR) is 129 cm³/mol. The van der Waals surface area contributed by atoms with Gasteiger partial charge in [0.05, 0.1) is 14.2 Å². The molecule has 8 heteroatoms. The van der Waals surface area contributed by atoms with E-state index < -0.39 is 0 Å². The first-order valence-electron chi connectivity index (χ1n) is 9.18. The number of halogens is 1. The van der Waals surface area contributed by atoms with E-state index in [1.165, 1.54) is 0 Å². The van der Waals surface area contributed by atoms with Crippen molar-refractivity contribution in [2.24, 2.45) is 4.99 Å². The number of carbonyl (C=O) groups excluding carboxylic acids is 1. The number of hydrogen-bond donors (Lipinski definition) is 3. The molecule has 0 heterocycles. The van der Waals surface area contributed by atoms with Crippen LogP contribution in [0, 0.1) is 0 Å². The average Bonchev–Trinajstić information content (AvgIpc) is 2.71. The fraction of sp³-hybridized carbons (Fsp3) is 0.333. The molecular formula is C21H29IN4O3. The number of benzene rings is 2. The number of ether oxygens (including phenoxy) is 2. The standard InChI is InChI=1S/C21H28N4O3.HI/c1-5-7-20(26)24-16-9-6-8-15(12-16)14-23-21(22-2)25-17-10-11-18(27-3)19(13-17)28-4;/h6,8-13H,5,7,14H2,1-4H3,(H,24,26)(H2,22,23,25);1H. The monoisotopic (exact) mass is 512 g/mol. The van der Waals surface area contributed by atoms with Crippen LogP contribution in [0.3, 0.4) is 0 Å². The normalized spacial score (nSPS) is 10.6. The van der Waals surface area contributed by atoms with E-state index in [0.29, 0.717) is 30.4 Å². The Morgan fingerprint density at radius 3 is 2.38 bits per heavy atom. The van der Waals surface area contributed by atoms with Gasteiger partial charge in [0.2, 0.25) is 5.91 Å². The molecule has 0 aliphatic heterocycles. The van der Waals surface area contributed by atoms with Crippen molar-refractivity contribution in [1.29, 1.82) is 0 Å². The summed E-state index contributed by atoms with van der Waals surface area (Å²) in [7, 11) is 4.91. The highest BCUT2D eigenvalue weighted by molar-refractivity contribution is 14.0. The second kappa shape index (κ2) is 12.9. The van der Waals surface area contributed by atoms with Gasteiger partial charge in [-0.05, 0) is 36.2 Å². The van der Waals surface area contributed by atoms with Crippen LogP contribution in [0.2, 0.25) is 0 Å². The Hall–Kier alpha value is -2.49. The van der Waals surface area contributed by atoms with Crippen LogP contribution in [0.4, 0.5) is 11.4 Å². The van der Waals surface area contributed by atoms with Crippen molar-refractivity contribution in [2.75, 3.05) is 31.9 Å². The molecule has 158 valence electrons. The molecule has 0 aliphatic rings. The molecule has 0 radical (unpaired) electrons. The first-order valence-corrected chi connectivity index (χ1v) is 9.18. The van der Waals surface area contributed by atoms with Crippen LogP contribution in [0.15, 0.2) is 47.5 Å². The lowest BCUT2D eigenvalue weighted by atomic mass is 10.2. The van der Waals surface area contributed by atoms with Crippen molar-refractivity contribution in [3.63, 3.8) is 0 Å². The summed E-state index contributed by atoms with van der Waals surface area (Å²) >= 11 is 0. The molecule has 2 aromatic carbocycles. The smallest absolute Gasteiger partial charge is 0.224 e. The van der Waals surface area contributed by atoms with E-state index in [1.54, 1.807) is 21.3 Å². The molecule has 0 fully saturated rings. The van der Waals surface area contributed by atoms with E-state index in [9.17, 15) is 4.79 Å². The van der Waals surface area contributed by atoms with Gasteiger partial charge in [-0.3, -0.25) is 9.79 Å². The number of guanidine groups is 1. The molecule has 0 aromatic heterocycles. The number of methoxy groups -OCH3 is 2. The minimum absolute atomic E-state index is 0. The third kappa shape index (κ3) is 7.80. The van der Waals surface area contributed by atoms with E-state index in [1.807, 2.05) is 49.4 Å². The maximum Gasteiger partial charge on any atom is 0.224 e. The quantitative estimate of drug-likeness (QED) is 0.280. The highest BCUT2D eigenvalue weighted by Gasteiger charge is 2.07. The van der Waals surface area contributed by atoms with Gasteiger partial charge in [-0.15, -0.1) is 24.0 Å². The fourth-order valence-electron chi connectivity index (χ4n) is 2.63. The van der Waals surface area contributed by atoms with Crippen molar-refractivity contribution in [2.45, 2.75) is 26.3 Å². The van der Waals surface area contributed by atoms with Crippen molar-refractivity contribution in [3.8, 4) is 11.5 Å². The first-order chi connectivity index (χ1) is 13.6. The minimum atomic E-state index is 0. The van der Waals surface area contributed by atoms with Gasteiger partial charge in [0.1, 0.15) is 0 Å². The zero-order valence-electron chi connectivity index (χ0n) is 17.2. The Morgan fingerprint density at radius 2 is 1.72 bits per heavy atom. The first kappa shape index (κ1) is 24.5. The van der Waals surface area contributed by atoms with E-state index in [4.69, 9.17) is 9.47 Å². The molecular weight excluding hydrogens is 483 g/mol. The Balaban J connectivity index is 0.00000420. The molecule has 29 heavy (non-hydrogen) atoms. The van der Waals surface area contributed by atoms with Crippen LogP contribution in [0.25, 0.3) is 0 Å². The molecule has 3 N–H and O–H groups in total. The Morgan fingerprint density at radius 1 is 1.00 bits per heavy atom. The largest absolute Gasteiger partial charge is 0.493 e. The van der Waals surface area contributed by atoms with Gasteiger partial charge in [-0.1, -0.05) is 19.1 Å². The second-order valence-electron chi connectivity index (χ2n) is 6.12. The molecule has 1 amide bonds. The number of nitrogens with one attached hydrogen (secondary N) is 3. The molecule has 0 bridgehead atoms. The maximum absolute atomic E-state index is 11.8. The highest BCUT2D eigenvalue weighted by atomic mass is 127. The lowest BCUT2D eigenvalue weighted by Gasteiger charge is -2.14. The van der Waals surface area contributed by atoms with Crippen LogP contribution >= 0.6 is 24.0 Å². The molecule has 2 aromatic rings. The fourth-order valence-corrected chi connectivity index (χ4v) is 2.63. The van der Waals surface area contributed by atoms with Gasteiger partial charge in [-0.25, -0.2) is 0 Å². The van der Waals surface area contributed by atoms with Gasteiger partial charge in [0.15, 0.2) is 17.5 Å². The molecule has 0 saturated heterocycles. The molecule has 0 spiro atoms. The van der Waals surface area contributed by atoms with E-state index in [0.717, 1.165) is 23.4 Å². The van der Waals surface area contributed by atoms with Gasteiger partial charge < -0.3 is 25.4 Å². The summed E-state index contributed by atoms with van der Waals surface area (Å²) in [5, 5.41) is 9.39. The molecule has 0 saturated carbocycles. The maximum atomic E-state index is 11.8. The summed E-state index contributed by atoms with van der Waals surface area (Å²) in [4.78, 5) is 16.0. The van der Waals surface area contributed by atoms with E-state index >= 15 is 0 Å². The topological polar surface area (TPSA) is 84.0 Å². The van der Waals surface area contributed by atoms with Crippen LogP contribution in [-0.2, 0) is 11.3 Å². The van der Waals surface area contributed by atoms with Crippen molar-refractivity contribution >= 4 is 47.2 Å². The molecule has 0 unspecified atom stereocenters. The second-order valence-corrected chi connectivity index (χ2v) is 6.12. The summed E-state index contributed by atoms with van der Waals surface area (Å²) in [6.45, 7) is 2.54. The molecule has 0 aliphatic carbocycles. The predicted octanol–water partition coefficient (Wildman–Crippen LogP) is 4.25. The Kier molecular flexibility index (Phi) is 10.9. The number of amides is 1. The van der Waals surface area contributed by atoms with Gasteiger partial charge in [-0.2, -0.15) is 0 Å². The van der Waals surface area contributed by atoms with Gasteiger partial charge in [0.25, 0.3) is 0 Å². The van der Waals surface area contributed by atoms with Gasteiger partial charge >= 0.3 is 0 Å². The molecule has 7 nitrogen and oxygen atoms in total. The number of carbonyl (C=O) groups is 1. The van der Waals surface area contributed by atoms with E-state index in [-0.39, 0.29) is 29.9 Å². The third-order valence-corrected chi connectivity index (χ3v) is 4.02. The summed E-state index contributed by atoms with van der Waals surface area (Å²) < 4.78 is 10.6. The van der Waals surface area contributed by atoms with Crippen LogP contribution in [0.1, 0.15) is 25.3 Å². The summed E-state index contributed by atoms with van der Waals surface area (Å²) in [6.07, 6.45) is 1.34. The van der Waals surface area contributed by atoms with Crippen molar-refractivity contribution in [1.82, 2.24) is 5.32 Å². The summed E-state index contributed by atoms with van der Waals surface area (Å²) in [5.41, 5.74) is 2.65. The average molecular weight is 512 g/mol. The zero-order chi connectivity index (χ0) is 20.4. The summed E-state index contributed by atoms with van der Waals surface area (Å²) in [5.74, 6) is 1.95. The SMILES string of the molecule is CCCC(=O)Nc1cccc(CNC(=NC)Nc2ccc(OC)c(OC)c2)c1.I. The van der Waals surface area contributed by atoms with E-state index in [2.05, 4.69) is 20.9 Å². The number of hydrogen-bond acceptors (Lipinski definition) is 4. The molecule has 0 atom stereocenters. The number of anilines is 2. The van der Waals surface area contributed by atoms with Crippen LogP contribution < -0.4 is 25.4 Å². The summed E-state index contributed by atoms with van der Waals surface area (Å²) in [6, 6.07) is 13.3. The van der Waals surface area contributed by atoms with Crippen molar-refractivity contribution < 1.29 is 14.3 Å². The lowest BCUT2D eigenvalue weighted by molar-refractivity contribution is -0.116. The zero-order valence-corrected chi connectivity index (χ0v) is 19.6. The molecule has 2 rings (SSSR count). The van der Waals surface area contributed by atoms with Crippen LogP contribution in [0.5, 0.6) is 11.5 Å². The Labute approximate surface area is 189 Å². The number of aliphatic imine (C=N–C) groups is 1. The number of nitrogens with zero attached hydrogens (tertiary/aromatic N) is 1. The highest BCUT2D eigenvalue weighted by Crippen LogP contribution is 2.29. The third-order valence-electron chi connectivity index (χ3n) is 4.02. The Bertz CT molecular complexity index is 827. The van der Waals surface area contributed by atoms with Crippen LogP contribution in [-0.4, -0.2) is 33.1 Å². The van der Waals surface area contributed by atoms with Crippen molar-refractivity contribution in [3.05, 3.63) is 48.0 Å². The minimum Gasteiger partial charge on any atom is -0.493 e. The number of rotatable bonds is 8.